The van der Waals surface area contributed by atoms with E-state index in [1.807, 2.05) is 6.92 Å². The van der Waals surface area contributed by atoms with E-state index in [1.165, 1.54) is 0 Å². The van der Waals surface area contributed by atoms with Crippen molar-refractivity contribution in [2.45, 2.75) is 6.92 Å². The number of hydrogen-bond donors (Lipinski definition) is 2. The highest BCUT2D eigenvalue weighted by molar-refractivity contribution is 6.33. The van der Waals surface area contributed by atoms with Gasteiger partial charge in [0, 0.05) is 6.54 Å². The lowest BCUT2D eigenvalue weighted by atomic mass is 10.1. The van der Waals surface area contributed by atoms with E-state index in [4.69, 9.17) is 16.7 Å². The maximum absolute atomic E-state index is 11.7. The Morgan fingerprint density at radius 2 is 2.29 bits per heavy atom. The van der Waals surface area contributed by atoms with E-state index >= 15 is 0 Å². The van der Waals surface area contributed by atoms with Crippen molar-refractivity contribution in [2.75, 3.05) is 13.2 Å². The molecule has 1 amide bonds. The standard InChI is InChI=1S/C12H14ClNO3/c1-8-2-3-10(11(13)4-8)12(17)14-5-9(6-15)7-16/h2-4,6,9,16H,5,7H2,1H3,(H,14,17). The molecule has 0 fully saturated rings. The molecule has 1 aromatic rings. The summed E-state index contributed by atoms with van der Waals surface area (Å²) >= 11 is 5.93. The average molecular weight is 256 g/mol. The number of amides is 1. The topological polar surface area (TPSA) is 66.4 Å². The number of benzene rings is 1. The molecule has 0 spiro atoms. The second kappa shape index (κ2) is 6.37. The lowest BCUT2D eigenvalue weighted by Gasteiger charge is -2.10. The number of aliphatic hydroxyl groups excluding tert-OH is 1. The molecule has 0 saturated carbocycles. The summed E-state index contributed by atoms with van der Waals surface area (Å²) in [6.07, 6.45) is 0.608. The summed E-state index contributed by atoms with van der Waals surface area (Å²) in [4.78, 5) is 22.2. The molecule has 1 aromatic carbocycles. The number of aldehydes is 1. The molecule has 0 aromatic heterocycles. The van der Waals surface area contributed by atoms with E-state index in [1.54, 1.807) is 18.2 Å². The first-order chi connectivity index (χ1) is 8.08. The van der Waals surface area contributed by atoms with Crippen LogP contribution >= 0.6 is 11.6 Å². The Kier molecular flexibility index (Phi) is 5.12. The molecule has 4 nitrogen and oxygen atoms in total. The molecule has 0 heterocycles. The van der Waals surface area contributed by atoms with Gasteiger partial charge in [0.2, 0.25) is 0 Å². The fourth-order valence-electron chi connectivity index (χ4n) is 1.28. The Hall–Kier alpha value is -1.39. The molecule has 2 N–H and O–H groups in total. The lowest BCUT2D eigenvalue weighted by molar-refractivity contribution is -0.111. The van der Waals surface area contributed by atoms with Gasteiger partial charge < -0.3 is 15.2 Å². The van der Waals surface area contributed by atoms with Crippen LogP contribution in [0.5, 0.6) is 0 Å². The average Bonchev–Trinajstić information content (AvgIpc) is 2.30. The van der Waals surface area contributed by atoms with Crippen molar-refractivity contribution in [1.82, 2.24) is 5.32 Å². The van der Waals surface area contributed by atoms with Crippen molar-refractivity contribution in [1.29, 1.82) is 0 Å². The zero-order valence-corrected chi connectivity index (χ0v) is 10.2. The number of carbonyl (C=O) groups excluding carboxylic acids is 2. The number of rotatable bonds is 5. The van der Waals surface area contributed by atoms with Crippen LogP contribution in [0.4, 0.5) is 0 Å². The predicted octanol–water partition coefficient (Wildman–Crippen LogP) is 1.19. The summed E-state index contributed by atoms with van der Waals surface area (Å²) in [6.45, 7) is 1.69. The number of carbonyl (C=O) groups is 2. The van der Waals surface area contributed by atoms with Crippen LogP contribution in [0.25, 0.3) is 0 Å². The second-order valence-electron chi connectivity index (χ2n) is 3.77. The van der Waals surface area contributed by atoms with Gasteiger partial charge in [0.15, 0.2) is 0 Å². The fourth-order valence-corrected chi connectivity index (χ4v) is 1.60. The third-order valence-electron chi connectivity index (χ3n) is 2.32. The first-order valence-corrected chi connectivity index (χ1v) is 5.56. The maximum atomic E-state index is 11.7. The first kappa shape index (κ1) is 13.7. The summed E-state index contributed by atoms with van der Waals surface area (Å²) in [6, 6.07) is 5.10. The van der Waals surface area contributed by atoms with Gasteiger partial charge in [0.1, 0.15) is 6.29 Å². The molecule has 0 bridgehead atoms. The second-order valence-corrected chi connectivity index (χ2v) is 4.18. The predicted molar refractivity (Wildman–Crippen MR) is 65.2 cm³/mol. The minimum absolute atomic E-state index is 0.100. The van der Waals surface area contributed by atoms with Gasteiger partial charge in [0.25, 0.3) is 5.91 Å². The Bertz CT molecular complexity index is 420. The van der Waals surface area contributed by atoms with Crippen molar-refractivity contribution in [3.05, 3.63) is 34.3 Å². The Morgan fingerprint density at radius 3 is 2.82 bits per heavy atom. The minimum atomic E-state index is -0.580. The van der Waals surface area contributed by atoms with Gasteiger partial charge in [-0.2, -0.15) is 0 Å². The Balaban J connectivity index is 2.67. The van der Waals surface area contributed by atoms with Crippen molar-refractivity contribution in [3.63, 3.8) is 0 Å². The summed E-state index contributed by atoms with van der Waals surface area (Å²) in [7, 11) is 0. The molecular weight excluding hydrogens is 242 g/mol. The quantitative estimate of drug-likeness (QED) is 0.777. The lowest BCUT2D eigenvalue weighted by Crippen LogP contribution is -2.31. The molecule has 1 atom stereocenters. The molecule has 17 heavy (non-hydrogen) atoms. The van der Waals surface area contributed by atoms with Gasteiger partial charge >= 0.3 is 0 Å². The first-order valence-electron chi connectivity index (χ1n) is 5.19. The van der Waals surface area contributed by atoms with E-state index in [0.29, 0.717) is 16.9 Å². The van der Waals surface area contributed by atoms with Crippen LogP contribution < -0.4 is 5.32 Å². The SMILES string of the molecule is Cc1ccc(C(=O)NCC(C=O)CO)c(Cl)c1. The van der Waals surface area contributed by atoms with Crippen LogP contribution in [0.1, 0.15) is 15.9 Å². The monoisotopic (exact) mass is 255 g/mol. The number of aliphatic hydroxyl groups is 1. The van der Waals surface area contributed by atoms with Crippen molar-refractivity contribution >= 4 is 23.8 Å². The molecule has 0 radical (unpaired) electrons. The third kappa shape index (κ3) is 3.84. The van der Waals surface area contributed by atoms with E-state index in [2.05, 4.69) is 5.32 Å². The molecule has 0 aliphatic carbocycles. The number of aryl methyl sites for hydroxylation is 1. The highest BCUT2D eigenvalue weighted by Crippen LogP contribution is 2.17. The van der Waals surface area contributed by atoms with Crippen LogP contribution in [-0.4, -0.2) is 30.5 Å². The number of nitrogens with one attached hydrogen (secondary N) is 1. The molecule has 1 unspecified atom stereocenters. The van der Waals surface area contributed by atoms with Crippen LogP contribution in [0.15, 0.2) is 18.2 Å². The molecule has 0 saturated heterocycles. The number of halogens is 1. The van der Waals surface area contributed by atoms with Gasteiger partial charge in [-0.05, 0) is 24.6 Å². The van der Waals surface area contributed by atoms with Crippen molar-refractivity contribution in [3.8, 4) is 0 Å². The van der Waals surface area contributed by atoms with E-state index in [-0.39, 0.29) is 19.1 Å². The zero-order chi connectivity index (χ0) is 12.8. The fraction of sp³-hybridized carbons (Fsp3) is 0.333. The molecule has 1 rings (SSSR count). The molecule has 5 heteroatoms. The Labute approximate surface area is 105 Å². The Morgan fingerprint density at radius 1 is 1.59 bits per heavy atom. The smallest absolute Gasteiger partial charge is 0.252 e. The maximum Gasteiger partial charge on any atom is 0.252 e. The van der Waals surface area contributed by atoms with Crippen LogP contribution in [0, 0.1) is 12.8 Å². The van der Waals surface area contributed by atoms with Gasteiger partial charge in [-0.25, -0.2) is 0 Å². The summed E-state index contributed by atoms with van der Waals surface area (Å²) in [5.74, 6) is -0.932. The van der Waals surface area contributed by atoms with Crippen LogP contribution in [0.2, 0.25) is 5.02 Å². The third-order valence-corrected chi connectivity index (χ3v) is 2.63. The summed E-state index contributed by atoms with van der Waals surface area (Å²) < 4.78 is 0. The largest absolute Gasteiger partial charge is 0.396 e. The summed E-state index contributed by atoms with van der Waals surface area (Å²) in [5.41, 5.74) is 1.33. The van der Waals surface area contributed by atoms with Crippen LogP contribution in [0.3, 0.4) is 0 Å². The molecule has 0 aliphatic rings. The van der Waals surface area contributed by atoms with Gasteiger partial charge in [-0.15, -0.1) is 0 Å². The molecule has 92 valence electrons. The van der Waals surface area contributed by atoms with E-state index < -0.39 is 5.92 Å². The summed E-state index contributed by atoms with van der Waals surface area (Å²) in [5, 5.41) is 11.7. The zero-order valence-electron chi connectivity index (χ0n) is 9.44. The van der Waals surface area contributed by atoms with Gasteiger partial charge in [0.05, 0.1) is 23.1 Å². The normalized spacial score (nSPS) is 11.9. The van der Waals surface area contributed by atoms with Crippen molar-refractivity contribution < 1.29 is 14.7 Å². The van der Waals surface area contributed by atoms with Crippen molar-refractivity contribution in [2.24, 2.45) is 5.92 Å². The van der Waals surface area contributed by atoms with Crippen LogP contribution in [-0.2, 0) is 4.79 Å². The highest BCUT2D eigenvalue weighted by Gasteiger charge is 2.12. The van der Waals surface area contributed by atoms with Gasteiger partial charge in [-0.3, -0.25) is 4.79 Å². The van der Waals surface area contributed by atoms with E-state index in [9.17, 15) is 9.59 Å². The highest BCUT2D eigenvalue weighted by atomic mass is 35.5. The molecule has 0 aliphatic heterocycles. The van der Waals surface area contributed by atoms with E-state index in [0.717, 1.165) is 5.56 Å². The van der Waals surface area contributed by atoms with Gasteiger partial charge in [-0.1, -0.05) is 17.7 Å². The molecular formula is C12H14ClNO3. The minimum Gasteiger partial charge on any atom is -0.396 e. The number of hydrogen-bond acceptors (Lipinski definition) is 3.